The zero-order valence-electron chi connectivity index (χ0n) is 9.76. The van der Waals surface area contributed by atoms with Crippen LogP contribution in [0.1, 0.15) is 29.6 Å². The molecule has 1 aliphatic rings. The highest BCUT2D eigenvalue weighted by Gasteiger charge is 2.28. The molecule has 0 heterocycles. The van der Waals surface area contributed by atoms with Crippen molar-refractivity contribution in [3.05, 3.63) is 34.6 Å². The number of hydrogen-bond acceptors (Lipinski definition) is 1. The van der Waals surface area contributed by atoms with Crippen molar-refractivity contribution >= 4 is 29.1 Å². The van der Waals surface area contributed by atoms with E-state index in [0.717, 1.165) is 25.3 Å². The molecule has 98 valence electrons. The minimum absolute atomic E-state index is 0.0274. The van der Waals surface area contributed by atoms with E-state index in [4.69, 9.17) is 23.2 Å². The second kappa shape index (κ2) is 5.89. The van der Waals surface area contributed by atoms with E-state index in [-0.39, 0.29) is 22.5 Å². The van der Waals surface area contributed by atoms with Gasteiger partial charge < -0.3 is 5.32 Å². The number of alkyl halides is 1. The Kier molecular flexibility index (Phi) is 4.46. The maximum Gasteiger partial charge on any atom is 0.254 e. The Morgan fingerprint density at radius 2 is 2.22 bits per heavy atom. The molecule has 1 aliphatic carbocycles. The maximum atomic E-state index is 13.6. The van der Waals surface area contributed by atoms with Crippen molar-refractivity contribution in [2.75, 3.05) is 5.88 Å². The summed E-state index contributed by atoms with van der Waals surface area (Å²) in [5.41, 5.74) is 0.0274. The van der Waals surface area contributed by atoms with E-state index in [1.54, 1.807) is 0 Å². The Hall–Kier alpha value is -0.800. The lowest BCUT2D eigenvalue weighted by Gasteiger charge is -2.19. The number of nitrogens with one attached hydrogen (secondary N) is 1. The molecule has 1 aromatic rings. The molecule has 1 N–H and O–H groups in total. The summed E-state index contributed by atoms with van der Waals surface area (Å²) in [6, 6.07) is 4.10. The zero-order valence-corrected chi connectivity index (χ0v) is 11.3. The fraction of sp³-hybridized carbons (Fsp3) is 0.462. The molecule has 2 unspecified atom stereocenters. The molecule has 1 aromatic carbocycles. The number of hydrogen-bond donors (Lipinski definition) is 1. The van der Waals surface area contributed by atoms with Gasteiger partial charge in [0.05, 0.1) is 5.56 Å². The van der Waals surface area contributed by atoms with E-state index in [2.05, 4.69) is 5.32 Å². The summed E-state index contributed by atoms with van der Waals surface area (Å²) >= 11 is 11.5. The molecule has 2 nitrogen and oxygen atoms in total. The SMILES string of the molecule is O=C(NC1CCCC1CCl)c1ccc(Cl)cc1F. The van der Waals surface area contributed by atoms with E-state index in [1.807, 2.05) is 0 Å². The van der Waals surface area contributed by atoms with Crippen LogP contribution < -0.4 is 5.32 Å². The number of benzene rings is 1. The van der Waals surface area contributed by atoms with Crippen molar-refractivity contribution in [2.45, 2.75) is 25.3 Å². The van der Waals surface area contributed by atoms with Gasteiger partial charge in [-0.3, -0.25) is 4.79 Å². The van der Waals surface area contributed by atoms with Gasteiger partial charge in [0, 0.05) is 16.9 Å². The number of halogens is 3. The molecule has 0 bridgehead atoms. The molecule has 0 aromatic heterocycles. The van der Waals surface area contributed by atoms with E-state index in [0.29, 0.717) is 5.88 Å². The van der Waals surface area contributed by atoms with Crippen molar-refractivity contribution in [2.24, 2.45) is 5.92 Å². The van der Waals surface area contributed by atoms with Crippen LogP contribution in [0, 0.1) is 11.7 Å². The van der Waals surface area contributed by atoms with Crippen LogP contribution in [-0.2, 0) is 0 Å². The highest BCUT2D eigenvalue weighted by Crippen LogP contribution is 2.27. The first-order valence-electron chi connectivity index (χ1n) is 5.93. The van der Waals surface area contributed by atoms with Crippen molar-refractivity contribution in [1.82, 2.24) is 5.32 Å². The molecule has 5 heteroatoms. The summed E-state index contributed by atoms with van der Waals surface area (Å²) < 4.78 is 13.6. The van der Waals surface area contributed by atoms with Gasteiger partial charge in [0.15, 0.2) is 0 Å². The van der Waals surface area contributed by atoms with Gasteiger partial charge in [0.2, 0.25) is 0 Å². The van der Waals surface area contributed by atoms with Gasteiger partial charge in [-0.1, -0.05) is 18.0 Å². The number of rotatable bonds is 3. The molecule has 0 spiro atoms. The predicted octanol–water partition coefficient (Wildman–Crippen LogP) is 3.62. The van der Waals surface area contributed by atoms with Gasteiger partial charge in [-0.05, 0) is 37.0 Å². The lowest BCUT2D eigenvalue weighted by molar-refractivity contribution is 0.0926. The topological polar surface area (TPSA) is 29.1 Å². The molecular weight excluding hydrogens is 276 g/mol. The van der Waals surface area contributed by atoms with Crippen LogP contribution in [0.2, 0.25) is 5.02 Å². The monoisotopic (exact) mass is 289 g/mol. The largest absolute Gasteiger partial charge is 0.349 e. The molecule has 0 saturated heterocycles. The van der Waals surface area contributed by atoms with Crippen LogP contribution in [0.4, 0.5) is 4.39 Å². The average molecular weight is 290 g/mol. The first-order valence-corrected chi connectivity index (χ1v) is 6.85. The third-order valence-electron chi connectivity index (χ3n) is 3.35. The second-order valence-corrected chi connectivity index (χ2v) is 5.29. The van der Waals surface area contributed by atoms with Gasteiger partial charge in [-0.2, -0.15) is 0 Å². The Morgan fingerprint density at radius 1 is 1.44 bits per heavy atom. The second-order valence-electron chi connectivity index (χ2n) is 4.55. The molecular formula is C13H14Cl2FNO. The molecule has 0 radical (unpaired) electrons. The normalized spacial score (nSPS) is 23.1. The van der Waals surface area contributed by atoms with Gasteiger partial charge in [0.25, 0.3) is 5.91 Å². The van der Waals surface area contributed by atoms with Crippen LogP contribution in [0.3, 0.4) is 0 Å². The van der Waals surface area contributed by atoms with Crippen molar-refractivity contribution in [3.63, 3.8) is 0 Å². The van der Waals surface area contributed by atoms with Gasteiger partial charge >= 0.3 is 0 Å². The molecule has 1 saturated carbocycles. The van der Waals surface area contributed by atoms with Crippen LogP contribution in [0.5, 0.6) is 0 Å². The summed E-state index contributed by atoms with van der Waals surface area (Å²) in [6.07, 6.45) is 2.96. The van der Waals surface area contributed by atoms with E-state index < -0.39 is 11.7 Å². The number of carbonyl (C=O) groups is 1. The molecule has 18 heavy (non-hydrogen) atoms. The summed E-state index contributed by atoms with van der Waals surface area (Å²) in [5.74, 6) is -0.189. The van der Waals surface area contributed by atoms with Crippen LogP contribution >= 0.6 is 23.2 Å². The van der Waals surface area contributed by atoms with Crippen molar-refractivity contribution in [3.8, 4) is 0 Å². The van der Waals surface area contributed by atoms with Gasteiger partial charge in [-0.25, -0.2) is 4.39 Å². The quantitative estimate of drug-likeness (QED) is 0.846. The zero-order chi connectivity index (χ0) is 13.1. The third kappa shape index (κ3) is 2.96. The molecule has 0 aliphatic heterocycles. The smallest absolute Gasteiger partial charge is 0.254 e. The van der Waals surface area contributed by atoms with E-state index in [9.17, 15) is 9.18 Å². The van der Waals surface area contributed by atoms with Crippen LogP contribution in [0.25, 0.3) is 0 Å². The number of carbonyl (C=O) groups excluding carboxylic acids is 1. The molecule has 1 fully saturated rings. The lowest BCUT2D eigenvalue weighted by atomic mass is 10.1. The first-order chi connectivity index (χ1) is 8.61. The highest BCUT2D eigenvalue weighted by molar-refractivity contribution is 6.30. The summed E-state index contributed by atoms with van der Waals surface area (Å²) in [6.45, 7) is 0. The third-order valence-corrected chi connectivity index (χ3v) is 3.98. The van der Waals surface area contributed by atoms with Crippen molar-refractivity contribution in [1.29, 1.82) is 0 Å². The highest BCUT2D eigenvalue weighted by atomic mass is 35.5. The fourth-order valence-corrected chi connectivity index (χ4v) is 2.86. The summed E-state index contributed by atoms with van der Waals surface area (Å²) in [4.78, 5) is 12.0. The maximum absolute atomic E-state index is 13.6. The summed E-state index contributed by atoms with van der Waals surface area (Å²) in [5, 5.41) is 3.13. The minimum atomic E-state index is -0.597. The molecule has 1 amide bonds. The standard InChI is InChI=1S/C13H14Cl2FNO/c14-7-8-2-1-3-12(8)17-13(18)10-5-4-9(15)6-11(10)16/h4-6,8,12H,1-3,7H2,(H,17,18). The van der Waals surface area contributed by atoms with Crippen LogP contribution in [0.15, 0.2) is 18.2 Å². The molecule has 2 rings (SSSR count). The van der Waals surface area contributed by atoms with E-state index >= 15 is 0 Å². The Labute approximate surface area is 115 Å². The van der Waals surface area contributed by atoms with Gasteiger partial charge in [0.1, 0.15) is 5.82 Å². The van der Waals surface area contributed by atoms with Crippen molar-refractivity contribution < 1.29 is 9.18 Å². The van der Waals surface area contributed by atoms with E-state index in [1.165, 1.54) is 12.1 Å². The Morgan fingerprint density at radius 3 is 2.89 bits per heavy atom. The van der Waals surface area contributed by atoms with Gasteiger partial charge in [-0.15, -0.1) is 11.6 Å². The predicted molar refractivity (Wildman–Crippen MR) is 70.7 cm³/mol. The van der Waals surface area contributed by atoms with Crippen LogP contribution in [-0.4, -0.2) is 17.8 Å². The number of amides is 1. The lowest BCUT2D eigenvalue weighted by Crippen LogP contribution is -2.38. The summed E-state index contributed by atoms with van der Waals surface area (Å²) in [7, 11) is 0. The average Bonchev–Trinajstić information content (AvgIpc) is 2.76. The fourth-order valence-electron chi connectivity index (χ4n) is 2.33. The Balaban J connectivity index is 2.07. The Bertz CT molecular complexity index is 453. The minimum Gasteiger partial charge on any atom is -0.349 e. The first kappa shape index (κ1) is 13.6. The molecule has 2 atom stereocenters.